The summed E-state index contributed by atoms with van der Waals surface area (Å²) in [4.78, 5) is 22.0. The molecule has 0 saturated carbocycles. The minimum Gasteiger partial charge on any atom is -0.478 e. The average Bonchev–Trinajstić information content (AvgIpc) is 2.20. The van der Waals surface area contributed by atoms with Gasteiger partial charge < -0.3 is 9.84 Å². The fourth-order valence-corrected chi connectivity index (χ4v) is 1.45. The summed E-state index contributed by atoms with van der Waals surface area (Å²) in [6.45, 7) is 0. The molecule has 2 rings (SSSR count). The minimum absolute atomic E-state index is 0.128. The van der Waals surface area contributed by atoms with Crippen LogP contribution in [0, 0.1) is 11.6 Å². The van der Waals surface area contributed by atoms with Crippen molar-refractivity contribution in [3.05, 3.63) is 29.3 Å². The molecule has 1 heterocycles. The highest BCUT2D eigenvalue weighted by atomic mass is 19.2. The standard InChI is InChI=1S/C10H6F2O4/c11-5-1-4-7(13)3-9(10(14)15)16-8(4)2-6(5)12/h1-2,9H,3H2,(H,14,15)/t9-/m0/s1. The second-order valence-corrected chi connectivity index (χ2v) is 3.33. The van der Waals surface area contributed by atoms with Crippen LogP contribution >= 0.6 is 0 Å². The molecule has 4 nitrogen and oxygen atoms in total. The number of carboxylic acids is 1. The molecule has 16 heavy (non-hydrogen) atoms. The van der Waals surface area contributed by atoms with E-state index in [9.17, 15) is 18.4 Å². The number of hydrogen-bond donors (Lipinski definition) is 1. The van der Waals surface area contributed by atoms with Gasteiger partial charge in [0.15, 0.2) is 17.4 Å². The molecule has 0 aliphatic carbocycles. The lowest BCUT2D eigenvalue weighted by molar-refractivity contribution is -0.145. The Balaban J connectivity index is 2.46. The van der Waals surface area contributed by atoms with Crippen LogP contribution in [0.1, 0.15) is 16.8 Å². The van der Waals surface area contributed by atoms with E-state index in [1.165, 1.54) is 0 Å². The summed E-state index contributed by atoms with van der Waals surface area (Å²) in [7, 11) is 0. The van der Waals surface area contributed by atoms with Crippen molar-refractivity contribution in [1.82, 2.24) is 0 Å². The first-order valence-corrected chi connectivity index (χ1v) is 4.40. The Hall–Kier alpha value is -1.98. The Morgan fingerprint density at radius 3 is 2.62 bits per heavy atom. The van der Waals surface area contributed by atoms with Crippen LogP contribution in [0.5, 0.6) is 5.75 Å². The van der Waals surface area contributed by atoms with E-state index < -0.39 is 29.5 Å². The molecule has 0 bridgehead atoms. The third kappa shape index (κ3) is 1.62. The van der Waals surface area contributed by atoms with E-state index >= 15 is 0 Å². The minimum atomic E-state index is -1.34. The highest BCUT2D eigenvalue weighted by Crippen LogP contribution is 2.29. The molecule has 1 aromatic rings. The van der Waals surface area contributed by atoms with Crippen LogP contribution in [-0.2, 0) is 4.79 Å². The molecule has 1 aromatic carbocycles. The first-order chi connectivity index (χ1) is 7.49. The van der Waals surface area contributed by atoms with E-state index in [0.29, 0.717) is 12.1 Å². The molecule has 0 unspecified atom stereocenters. The molecule has 0 fully saturated rings. The summed E-state index contributed by atoms with van der Waals surface area (Å²) >= 11 is 0. The van der Waals surface area contributed by atoms with Gasteiger partial charge in [0.2, 0.25) is 6.10 Å². The van der Waals surface area contributed by atoms with Crippen molar-refractivity contribution in [3.8, 4) is 5.75 Å². The average molecular weight is 228 g/mol. The van der Waals surface area contributed by atoms with Crippen LogP contribution in [0.15, 0.2) is 12.1 Å². The summed E-state index contributed by atoms with van der Waals surface area (Å²) < 4.78 is 30.6. The highest BCUT2D eigenvalue weighted by molar-refractivity contribution is 6.02. The van der Waals surface area contributed by atoms with Crippen molar-refractivity contribution in [2.24, 2.45) is 0 Å². The van der Waals surface area contributed by atoms with Gasteiger partial charge in [-0.2, -0.15) is 0 Å². The van der Waals surface area contributed by atoms with E-state index in [2.05, 4.69) is 0 Å². The van der Waals surface area contributed by atoms with E-state index in [-0.39, 0.29) is 17.7 Å². The van der Waals surface area contributed by atoms with Crippen LogP contribution in [0.3, 0.4) is 0 Å². The normalized spacial score (nSPS) is 18.9. The van der Waals surface area contributed by atoms with Gasteiger partial charge in [0.05, 0.1) is 12.0 Å². The van der Waals surface area contributed by atoms with Crippen LogP contribution in [0.2, 0.25) is 0 Å². The number of halogens is 2. The molecule has 1 atom stereocenters. The van der Waals surface area contributed by atoms with E-state index in [1.807, 2.05) is 0 Å². The van der Waals surface area contributed by atoms with Gasteiger partial charge in [-0.25, -0.2) is 13.6 Å². The van der Waals surface area contributed by atoms with E-state index in [1.54, 1.807) is 0 Å². The number of ether oxygens (including phenoxy) is 1. The summed E-state index contributed by atoms with van der Waals surface area (Å²) in [6, 6.07) is 1.39. The van der Waals surface area contributed by atoms with Gasteiger partial charge in [-0.05, 0) is 6.07 Å². The largest absolute Gasteiger partial charge is 0.478 e. The van der Waals surface area contributed by atoms with E-state index in [0.717, 1.165) is 0 Å². The number of carboxylic acid groups (broad SMARTS) is 1. The maximum Gasteiger partial charge on any atom is 0.345 e. The number of benzene rings is 1. The Kier molecular flexibility index (Phi) is 2.34. The lowest BCUT2D eigenvalue weighted by Crippen LogP contribution is -2.34. The first kappa shape index (κ1) is 10.5. The predicted molar refractivity (Wildman–Crippen MR) is 47.4 cm³/mol. The summed E-state index contributed by atoms with van der Waals surface area (Å²) in [5.41, 5.74) is -0.128. The zero-order valence-corrected chi connectivity index (χ0v) is 7.87. The Morgan fingerprint density at radius 1 is 1.38 bits per heavy atom. The second-order valence-electron chi connectivity index (χ2n) is 3.33. The molecular formula is C10H6F2O4. The fourth-order valence-electron chi connectivity index (χ4n) is 1.45. The quantitative estimate of drug-likeness (QED) is 0.788. The number of carbonyl (C=O) groups excluding carboxylic acids is 1. The van der Waals surface area contributed by atoms with Gasteiger partial charge in [-0.1, -0.05) is 0 Å². The lowest BCUT2D eigenvalue weighted by atomic mass is 10.0. The second kappa shape index (κ2) is 3.55. The molecule has 0 spiro atoms. The van der Waals surface area contributed by atoms with Crippen molar-refractivity contribution in [2.75, 3.05) is 0 Å². The third-order valence-corrected chi connectivity index (χ3v) is 2.24. The molecule has 0 saturated heterocycles. The van der Waals surface area contributed by atoms with Crippen molar-refractivity contribution in [3.63, 3.8) is 0 Å². The van der Waals surface area contributed by atoms with Gasteiger partial charge in [0.1, 0.15) is 5.75 Å². The predicted octanol–water partition coefficient (Wildman–Crippen LogP) is 1.38. The van der Waals surface area contributed by atoms with Crippen LogP contribution in [-0.4, -0.2) is 23.0 Å². The van der Waals surface area contributed by atoms with Crippen LogP contribution in [0.25, 0.3) is 0 Å². The van der Waals surface area contributed by atoms with E-state index in [4.69, 9.17) is 9.84 Å². The Labute approximate surface area is 88.4 Å². The van der Waals surface area contributed by atoms with Crippen molar-refractivity contribution < 1.29 is 28.2 Å². The number of rotatable bonds is 1. The molecule has 84 valence electrons. The van der Waals surface area contributed by atoms with Gasteiger partial charge in [-0.3, -0.25) is 4.79 Å². The maximum absolute atomic E-state index is 12.8. The van der Waals surface area contributed by atoms with Gasteiger partial charge in [0, 0.05) is 6.07 Å². The highest BCUT2D eigenvalue weighted by Gasteiger charge is 2.32. The molecular weight excluding hydrogens is 222 g/mol. The fraction of sp³-hybridized carbons (Fsp3) is 0.200. The topological polar surface area (TPSA) is 63.6 Å². The number of Topliss-reactive ketones (excluding diaryl/α,β-unsaturated/α-hetero) is 1. The summed E-state index contributed by atoms with van der Waals surface area (Å²) in [5, 5.41) is 8.66. The summed E-state index contributed by atoms with van der Waals surface area (Å²) in [5.74, 6) is -4.47. The number of hydrogen-bond acceptors (Lipinski definition) is 3. The molecule has 1 aliphatic rings. The molecule has 1 N–H and O–H groups in total. The first-order valence-electron chi connectivity index (χ1n) is 4.40. The third-order valence-electron chi connectivity index (χ3n) is 2.24. The summed E-state index contributed by atoms with van der Waals surface area (Å²) in [6.07, 6.45) is -1.72. The van der Waals surface area contributed by atoms with Gasteiger partial charge in [-0.15, -0.1) is 0 Å². The van der Waals surface area contributed by atoms with Crippen LogP contribution < -0.4 is 4.74 Å². The van der Waals surface area contributed by atoms with Crippen molar-refractivity contribution in [1.29, 1.82) is 0 Å². The number of fused-ring (bicyclic) bond motifs is 1. The van der Waals surface area contributed by atoms with Crippen molar-refractivity contribution in [2.45, 2.75) is 12.5 Å². The Morgan fingerprint density at radius 2 is 2.00 bits per heavy atom. The maximum atomic E-state index is 12.8. The lowest BCUT2D eigenvalue weighted by Gasteiger charge is -2.22. The zero-order chi connectivity index (χ0) is 11.9. The molecule has 1 aliphatic heterocycles. The molecule has 0 amide bonds. The number of carbonyl (C=O) groups is 2. The molecule has 0 radical (unpaired) electrons. The molecule has 6 heteroatoms. The number of ketones is 1. The Bertz CT molecular complexity index is 484. The monoisotopic (exact) mass is 228 g/mol. The van der Waals surface area contributed by atoms with Gasteiger partial charge in [0.25, 0.3) is 0 Å². The smallest absolute Gasteiger partial charge is 0.345 e. The molecule has 0 aromatic heterocycles. The zero-order valence-electron chi connectivity index (χ0n) is 7.87. The number of aliphatic carboxylic acids is 1. The van der Waals surface area contributed by atoms with Crippen LogP contribution in [0.4, 0.5) is 8.78 Å². The van der Waals surface area contributed by atoms with Crippen molar-refractivity contribution >= 4 is 11.8 Å². The SMILES string of the molecule is O=C1C[C@@H](C(=O)O)Oc2cc(F)c(F)cc21. The van der Waals surface area contributed by atoms with Gasteiger partial charge >= 0.3 is 5.97 Å².